The van der Waals surface area contributed by atoms with Crippen LogP contribution in [0.2, 0.25) is 0 Å². The summed E-state index contributed by atoms with van der Waals surface area (Å²) in [6.45, 7) is 5.32. The zero-order chi connectivity index (χ0) is 26.0. The highest BCUT2D eigenvalue weighted by molar-refractivity contribution is 5.55. The van der Waals surface area contributed by atoms with Crippen LogP contribution in [-0.4, -0.2) is 16.6 Å². The molecular weight excluding hydrogens is 452 g/mol. The lowest BCUT2D eigenvalue weighted by molar-refractivity contribution is 0.248. The molecule has 3 heteroatoms. The Kier molecular flexibility index (Phi) is 14.7. The fraction of sp³-hybridized carbons (Fsp3) is 0.706. The van der Waals surface area contributed by atoms with E-state index < -0.39 is 0 Å². The van der Waals surface area contributed by atoms with E-state index >= 15 is 0 Å². The van der Waals surface area contributed by atoms with Crippen molar-refractivity contribution in [3.8, 4) is 17.1 Å². The predicted molar refractivity (Wildman–Crippen MR) is 158 cm³/mol. The molecule has 1 aliphatic rings. The molecule has 0 spiro atoms. The van der Waals surface area contributed by atoms with Gasteiger partial charge in [-0.3, -0.25) is 0 Å². The van der Waals surface area contributed by atoms with Gasteiger partial charge in [-0.2, -0.15) is 0 Å². The van der Waals surface area contributed by atoms with Gasteiger partial charge in [-0.1, -0.05) is 141 Å². The van der Waals surface area contributed by atoms with E-state index in [-0.39, 0.29) is 0 Å². The fourth-order valence-corrected chi connectivity index (χ4v) is 5.83. The summed E-state index contributed by atoms with van der Waals surface area (Å²) in [5.41, 5.74) is 2.53. The third kappa shape index (κ3) is 12.0. The summed E-state index contributed by atoms with van der Waals surface area (Å²) in [4.78, 5) is 9.11. The highest BCUT2D eigenvalue weighted by atomic mass is 16.5. The number of ether oxygens (including phenoxy) is 1. The summed E-state index contributed by atoms with van der Waals surface area (Å²) in [5.74, 6) is 3.49. The lowest BCUT2D eigenvalue weighted by Crippen LogP contribution is -2.15. The highest BCUT2D eigenvalue weighted by Gasteiger charge is 2.20. The van der Waals surface area contributed by atoms with Crippen molar-refractivity contribution in [2.45, 2.75) is 136 Å². The summed E-state index contributed by atoms with van der Waals surface area (Å²) in [7, 11) is 0. The van der Waals surface area contributed by atoms with E-state index in [1.165, 1.54) is 121 Å². The Morgan fingerprint density at radius 1 is 0.649 bits per heavy atom. The summed E-state index contributed by atoms with van der Waals surface area (Å²) < 4.78 is 5.85. The van der Waals surface area contributed by atoms with Gasteiger partial charge in [0, 0.05) is 5.56 Å². The standard InChI is InChI=1S/C34H54N2O/c1-3-5-7-9-10-12-14-26-37-33-27-35-34(36-28-33)32-24-22-31(23-25-32)21-20-30-18-16-29(17-19-30)15-13-11-8-6-4-2/h22-25,27-30H,3-21,26H2,1-2H3. The van der Waals surface area contributed by atoms with E-state index in [1.54, 1.807) is 0 Å². The van der Waals surface area contributed by atoms with Crippen molar-refractivity contribution in [2.24, 2.45) is 11.8 Å². The maximum absolute atomic E-state index is 5.85. The van der Waals surface area contributed by atoms with Gasteiger partial charge in [0.05, 0.1) is 19.0 Å². The van der Waals surface area contributed by atoms with Gasteiger partial charge in [-0.25, -0.2) is 9.97 Å². The van der Waals surface area contributed by atoms with E-state index in [0.29, 0.717) is 0 Å². The van der Waals surface area contributed by atoms with Gasteiger partial charge >= 0.3 is 0 Å². The van der Waals surface area contributed by atoms with Crippen LogP contribution in [0.1, 0.15) is 135 Å². The molecule has 206 valence electrons. The fourth-order valence-electron chi connectivity index (χ4n) is 5.83. The molecule has 0 bridgehead atoms. The number of hydrogen-bond donors (Lipinski definition) is 0. The van der Waals surface area contributed by atoms with Crippen LogP contribution in [0.25, 0.3) is 11.4 Å². The normalized spacial score (nSPS) is 17.7. The average Bonchev–Trinajstić information content (AvgIpc) is 2.94. The Morgan fingerprint density at radius 3 is 1.81 bits per heavy atom. The van der Waals surface area contributed by atoms with Crippen molar-refractivity contribution in [1.29, 1.82) is 0 Å². The lowest BCUT2D eigenvalue weighted by atomic mass is 9.77. The molecule has 0 amide bonds. The molecule has 0 aliphatic heterocycles. The van der Waals surface area contributed by atoms with Gasteiger partial charge in [0.2, 0.25) is 0 Å². The topological polar surface area (TPSA) is 35.0 Å². The number of nitrogens with zero attached hydrogens (tertiary/aromatic N) is 2. The first-order valence-electron chi connectivity index (χ1n) is 15.8. The Balaban J connectivity index is 1.29. The van der Waals surface area contributed by atoms with Gasteiger partial charge in [0.15, 0.2) is 11.6 Å². The SMILES string of the molecule is CCCCCCCCCOc1cnc(-c2ccc(CCC3CCC(CCCCCCC)CC3)cc2)nc1. The zero-order valence-electron chi connectivity index (χ0n) is 24.1. The van der Waals surface area contributed by atoms with Crippen LogP contribution in [0, 0.1) is 11.8 Å². The first-order valence-corrected chi connectivity index (χ1v) is 15.8. The second-order valence-corrected chi connectivity index (χ2v) is 11.5. The number of hydrogen-bond acceptors (Lipinski definition) is 3. The predicted octanol–water partition coefficient (Wildman–Crippen LogP) is 10.4. The first-order chi connectivity index (χ1) is 18.3. The van der Waals surface area contributed by atoms with Gasteiger partial charge in [0.1, 0.15) is 0 Å². The molecule has 37 heavy (non-hydrogen) atoms. The Bertz CT molecular complexity index is 809. The summed E-state index contributed by atoms with van der Waals surface area (Å²) in [5, 5.41) is 0. The molecule has 0 N–H and O–H groups in total. The van der Waals surface area contributed by atoms with Gasteiger partial charge in [0.25, 0.3) is 0 Å². The van der Waals surface area contributed by atoms with Gasteiger partial charge in [-0.15, -0.1) is 0 Å². The van der Waals surface area contributed by atoms with Crippen LogP contribution >= 0.6 is 0 Å². The Hall–Kier alpha value is -1.90. The summed E-state index contributed by atoms with van der Waals surface area (Å²) >= 11 is 0. The molecule has 1 saturated carbocycles. The van der Waals surface area contributed by atoms with E-state index in [4.69, 9.17) is 4.74 Å². The van der Waals surface area contributed by atoms with Crippen LogP contribution in [0.15, 0.2) is 36.7 Å². The molecule has 3 rings (SSSR count). The molecule has 1 heterocycles. The van der Waals surface area contributed by atoms with Crippen LogP contribution in [0.5, 0.6) is 5.75 Å². The van der Waals surface area contributed by atoms with Crippen LogP contribution < -0.4 is 4.74 Å². The zero-order valence-corrected chi connectivity index (χ0v) is 24.1. The van der Waals surface area contributed by atoms with Crippen molar-refractivity contribution in [3.05, 3.63) is 42.2 Å². The van der Waals surface area contributed by atoms with E-state index in [0.717, 1.165) is 42.0 Å². The highest BCUT2D eigenvalue weighted by Crippen LogP contribution is 2.34. The van der Waals surface area contributed by atoms with E-state index in [2.05, 4.69) is 48.1 Å². The molecule has 1 aromatic heterocycles. The molecule has 3 nitrogen and oxygen atoms in total. The lowest BCUT2D eigenvalue weighted by Gasteiger charge is -2.28. The number of unbranched alkanes of at least 4 members (excludes halogenated alkanes) is 10. The van der Waals surface area contributed by atoms with Crippen molar-refractivity contribution < 1.29 is 4.74 Å². The largest absolute Gasteiger partial charge is 0.490 e. The maximum atomic E-state index is 5.85. The quantitative estimate of drug-likeness (QED) is 0.178. The Morgan fingerprint density at radius 2 is 1.19 bits per heavy atom. The second kappa shape index (κ2) is 18.4. The average molecular weight is 507 g/mol. The van der Waals surface area contributed by atoms with Crippen molar-refractivity contribution >= 4 is 0 Å². The van der Waals surface area contributed by atoms with Gasteiger partial charge < -0.3 is 4.74 Å². The van der Waals surface area contributed by atoms with Gasteiger partial charge in [-0.05, 0) is 36.7 Å². The van der Waals surface area contributed by atoms with Crippen LogP contribution in [0.4, 0.5) is 0 Å². The van der Waals surface area contributed by atoms with Crippen LogP contribution in [-0.2, 0) is 6.42 Å². The minimum atomic E-state index is 0.756. The van der Waals surface area contributed by atoms with Crippen molar-refractivity contribution in [1.82, 2.24) is 9.97 Å². The van der Waals surface area contributed by atoms with E-state index in [1.807, 2.05) is 12.4 Å². The van der Waals surface area contributed by atoms with Crippen molar-refractivity contribution in [2.75, 3.05) is 6.61 Å². The second-order valence-electron chi connectivity index (χ2n) is 11.5. The third-order valence-electron chi connectivity index (χ3n) is 8.38. The molecule has 0 unspecified atom stereocenters. The monoisotopic (exact) mass is 506 g/mol. The summed E-state index contributed by atoms with van der Waals surface area (Å²) in [6, 6.07) is 8.90. The maximum Gasteiger partial charge on any atom is 0.159 e. The number of benzene rings is 1. The molecule has 1 aliphatic carbocycles. The molecule has 2 aromatic rings. The molecule has 1 aromatic carbocycles. The number of rotatable bonds is 19. The van der Waals surface area contributed by atoms with E-state index in [9.17, 15) is 0 Å². The minimum Gasteiger partial charge on any atom is -0.490 e. The molecular formula is C34H54N2O. The Labute approximate surface area is 228 Å². The number of aryl methyl sites for hydroxylation is 1. The van der Waals surface area contributed by atoms with Crippen molar-refractivity contribution in [3.63, 3.8) is 0 Å². The molecule has 0 radical (unpaired) electrons. The molecule has 0 saturated heterocycles. The smallest absolute Gasteiger partial charge is 0.159 e. The first kappa shape index (κ1) is 29.7. The molecule has 1 fully saturated rings. The third-order valence-corrected chi connectivity index (χ3v) is 8.38. The van der Waals surface area contributed by atoms with Crippen LogP contribution in [0.3, 0.4) is 0 Å². The summed E-state index contributed by atoms with van der Waals surface area (Å²) in [6.07, 6.45) is 29.6. The minimum absolute atomic E-state index is 0.756. The molecule has 0 atom stereocenters. The number of aromatic nitrogens is 2.